The molecular formula is C13H16N2O2. The molecule has 1 unspecified atom stereocenters. The molecule has 0 radical (unpaired) electrons. The fourth-order valence-corrected chi connectivity index (χ4v) is 1.40. The molecule has 90 valence electrons. The second-order valence-electron chi connectivity index (χ2n) is 3.67. The number of hydrogen-bond acceptors (Lipinski definition) is 3. The zero-order chi connectivity index (χ0) is 12.7. The van der Waals surface area contributed by atoms with E-state index in [-0.39, 0.29) is 12.5 Å². The number of ether oxygens (including phenoxy) is 1. The van der Waals surface area contributed by atoms with Crippen LogP contribution in [-0.4, -0.2) is 18.6 Å². The van der Waals surface area contributed by atoms with E-state index < -0.39 is 6.04 Å². The van der Waals surface area contributed by atoms with Crippen LogP contribution in [0.25, 0.3) is 0 Å². The topological polar surface area (TPSA) is 62.1 Å². The van der Waals surface area contributed by atoms with Crippen LogP contribution >= 0.6 is 0 Å². The number of carbonyl (C=O) groups excluding carboxylic acids is 1. The molecule has 0 heterocycles. The minimum absolute atomic E-state index is 0.0664. The number of nitriles is 1. The van der Waals surface area contributed by atoms with Crippen molar-refractivity contribution in [2.24, 2.45) is 0 Å². The highest BCUT2D eigenvalue weighted by molar-refractivity contribution is 5.78. The standard InChI is InChI=1S/C13H16N2O2/c1-3-11-6-4-5-7-12(11)17-9-13(16)15-10(2)8-14/h4-7,10H,3,9H2,1-2H3,(H,15,16). The highest BCUT2D eigenvalue weighted by Crippen LogP contribution is 2.17. The van der Waals surface area contributed by atoms with Gasteiger partial charge >= 0.3 is 0 Å². The third-order valence-electron chi connectivity index (χ3n) is 2.28. The van der Waals surface area contributed by atoms with Gasteiger partial charge in [0.05, 0.1) is 6.07 Å². The van der Waals surface area contributed by atoms with E-state index in [1.807, 2.05) is 37.3 Å². The van der Waals surface area contributed by atoms with Crippen LogP contribution in [-0.2, 0) is 11.2 Å². The normalized spacial score (nSPS) is 11.4. The molecule has 0 spiro atoms. The predicted molar refractivity (Wildman–Crippen MR) is 64.5 cm³/mol. The number of hydrogen-bond donors (Lipinski definition) is 1. The van der Waals surface area contributed by atoms with Gasteiger partial charge in [0.25, 0.3) is 5.91 Å². The molecule has 0 fully saturated rings. The maximum atomic E-state index is 11.4. The number of carbonyl (C=O) groups is 1. The van der Waals surface area contributed by atoms with Crippen LogP contribution in [0.5, 0.6) is 5.75 Å². The zero-order valence-corrected chi connectivity index (χ0v) is 10.1. The number of nitrogens with zero attached hydrogens (tertiary/aromatic N) is 1. The number of nitrogens with one attached hydrogen (secondary N) is 1. The third kappa shape index (κ3) is 4.15. The average Bonchev–Trinajstić information content (AvgIpc) is 2.36. The van der Waals surface area contributed by atoms with E-state index in [2.05, 4.69) is 5.32 Å². The van der Waals surface area contributed by atoms with Crippen molar-refractivity contribution in [3.63, 3.8) is 0 Å². The fraction of sp³-hybridized carbons (Fsp3) is 0.385. The molecule has 4 heteroatoms. The van der Waals surface area contributed by atoms with Gasteiger partial charge in [-0.1, -0.05) is 25.1 Å². The molecule has 1 aromatic carbocycles. The second kappa shape index (κ2) is 6.54. The molecule has 0 aliphatic rings. The van der Waals surface area contributed by atoms with Crippen molar-refractivity contribution >= 4 is 5.91 Å². The molecule has 1 N–H and O–H groups in total. The Morgan fingerprint density at radius 1 is 1.53 bits per heavy atom. The largest absolute Gasteiger partial charge is 0.483 e. The molecule has 4 nitrogen and oxygen atoms in total. The molecule has 0 saturated carbocycles. The first kappa shape index (κ1) is 13.0. The van der Waals surface area contributed by atoms with Gasteiger partial charge in [-0.05, 0) is 25.0 Å². The van der Waals surface area contributed by atoms with E-state index in [1.54, 1.807) is 6.92 Å². The van der Waals surface area contributed by atoms with Gasteiger partial charge in [-0.3, -0.25) is 4.79 Å². The average molecular weight is 232 g/mol. The number of aryl methyl sites for hydroxylation is 1. The van der Waals surface area contributed by atoms with Crippen LogP contribution in [0.4, 0.5) is 0 Å². The number of rotatable bonds is 5. The fourth-order valence-electron chi connectivity index (χ4n) is 1.40. The van der Waals surface area contributed by atoms with Crippen molar-refractivity contribution in [1.29, 1.82) is 5.26 Å². The SMILES string of the molecule is CCc1ccccc1OCC(=O)NC(C)C#N. The zero-order valence-electron chi connectivity index (χ0n) is 10.1. The monoisotopic (exact) mass is 232 g/mol. The van der Waals surface area contributed by atoms with E-state index in [4.69, 9.17) is 10.00 Å². The molecule has 0 aliphatic carbocycles. The number of benzene rings is 1. The molecule has 17 heavy (non-hydrogen) atoms. The Hall–Kier alpha value is -2.02. The summed E-state index contributed by atoms with van der Waals surface area (Å²) in [7, 11) is 0. The van der Waals surface area contributed by atoms with Gasteiger partial charge < -0.3 is 10.1 Å². The van der Waals surface area contributed by atoms with Gasteiger partial charge in [0.15, 0.2) is 6.61 Å². The summed E-state index contributed by atoms with van der Waals surface area (Å²) in [6.07, 6.45) is 0.854. The van der Waals surface area contributed by atoms with Crippen LogP contribution in [0.3, 0.4) is 0 Å². The van der Waals surface area contributed by atoms with E-state index in [1.165, 1.54) is 0 Å². The summed E-state index contributed by atoms with van der Waals surface area (Å²) >= 11 is 0. The maximum absolute atomic E-state index is 11.4. The van der Waals surface area contributed by atoms with Gasteiger partial charge in [-0.15, -0.1) is 0 Å². The Labute approximate surface area is 101 Å². The van der Waals surface area contributed by atoms with Crippen molar-refractivity contribution in [3.05, 3.63) is 29.8 Å². The molecule has 1 atom stereocenters. The number of amides is 1. The molecule has 1 amide bonds. The van der Waals surface area contributed by atoms with Gasteiger partial charge in [0.1, 0.15) is 11.8 Å². The minimum Gasteiger partial charge on any atom is -0.483 e. The molecular weight excluding hydrogens is 216 g/mol. The lowest BCUT2D eigenvalue weighted by Gasteiger charge is -2.11. The van der Waals surface area contributed by atoms with E-state index in [9.17, 15) is 4.79 Å². The Balaban J connectivity index is 2.50. The van der Waals surface area contributed by atoms with Gasteiger partial charge in [0.2, 0.25) is 0 Å². The van der Waals surface area contributed by atoms with Crippen molar-refractivity contribution in [2.75, 3.05) is 6.61 Å². The van der Waals surface area contributed by atoms with Crippen molar-refractivity contribution in [1.82, 2.24) is 5.32 Å². The van der Waals surface area contributed by atoms with Gasteiger partial charge in [-0.25, -0.2) is 0 Å². The summed E-state index contributed by atoms with van der Waals surface area (Å²) in [5.74, 6) is 0.430. The van der Waals surface area contributed by atoms with Crippen LogP contribution in [0.2, 0.25) is 0 Å². The predicted octanol–water partition coefficient (Wildman–Crippen LogP) is 1.66. The number of para-hydroxylation sites is 1. The van der Waals surface area contributed by atoms with Gasteiger partial charge in [-0.2, -0.15) is 5.26 Å². The van der Waals surface area contributed by atoms with Crippen LogP contribution in [0.15, 0.2) is 24.3 Å². The molecule has 0 aromatic heterocycles. The first-order valence-electron chi connectivity index (χ1n) is 5.57. The second-order valence-corrected chi connectivity index (χ2v) is 3.67. The van der Waals surface area contributed by atoms with E-state index in [0.717, 1.165) is 17.7 Å². The van der Waals surface area contributed by atoms with Crippen LogP contribution in [0, 0.1) is 11.3 Å². The highest BCUT2D eigenvalue weighted by atomic mass is 16.5. The maximum Gasteiger partial charge on any atom is 0.258 e. The smallest absolute Gasteiger partial charge is 0.258 e. The molecule has 0 bridgehead atoms. The first-order valence-corrected chi connectivity index (χ1v) is 5.57. The lowest BCUT2D eigenvalue weighted by Crippen LogP contribution is -2.35. The summed E-state index contributed by atoms with van der Waals surface area (Å²) in [4.78, 5) is 11.4. The van der Waals surface area contributed by atoms with Crippen LogP contribution in [0.1, 0.15) is 19.4 Å². The summed E-state index contributed by atoms with van der Waals surface area (Å²) in [5.41, 5.74) is 1.06. The van der Waals surface area contributed by atoms with Gasteiger partial charge in [0, 0.05) is 0 Å². The van der Waals surface area contributed by atoms with Crippen molar-refractivity contribution < 1.29 is 9.53 Å². The van der Waals surface area contributed by atoms with Crippen molar-refractivity contribution in [2.45, 2.75) is 26.3 Å². The highest BCUT2D eigenvalue weighted by Gasteiger charge is 2.08. The first-order chi connectivity index (χ1) is 8.17. The Bertz CT molecular complexity index is 424. The minimum atomic E-state index is -0.493. The lowest BCUT2D eigenvalue weighted by atomic mass is 10.1. The summed E-state index contributed by atoms with van der Waals surface area (Å²) < 4.78 is 5.41. The molecule has 0 aliphatic heterocycles. The third-order valence-corrected chi connectivity index (χ3v) is 2.28. The molecule has 1 aromatic rings. The Kier molecular flexibility index (Phi) is 5.02. The molecule has 1 rings (SSSR count). The van der Waals surface area contributed by atoms with E-state index >= 15 is 0 Å². The quantitative estimate of drug-likeness (QED) is 0.839. The summed E-state index contributed by atoms with van der Waals surface area (Å²) in [6.45, 7) is 3.58. The van der Waals surface area contributed by atoms with Crippen LogP contribution < -0.4 is 10.1 Å². The lowest BCUT2D eigenvalue weighted by molar-refractivity contribution is -0.123. The summed E-state index contributed by atoms with van der Waals surface area (Å²) in [5, 5.41) is 11.1. The Morgan fingerprint density at radius 3 is 2.88 bits per heavy atom. The summed E-state index contributed by atoms with van der Waals surface area (Å²) in [6, 6.07) is 9.03. The van der Waals surface area contributed by atoms with E-state index in [0.29, 0.717) is 0 Å². The molecule has 0 saturated heterocycles. The van der Waals surface area contributed by atoms with Crippen molar-refractivity contribution in [3.8, 4) is 11.8 Å². The Morgan fingerprint density at radius 2 is 2.24 bits per heavy atom.